The van der Waals surface area contributed by atoms with Gasteiger partial charge >= 0.3 is 5.97 Å². The number of benzene rings is 1. The summed E-state index contributed by atoms with van der Waals surface area (Å²) in [7, 11) is 0. The van der Waals surface area contributed by atoms with E-state index < -0.39 is 28.9 Å². The van der Waals surface area contributed by atoms with Gasteiger partial charge in [-0.05, 0) is 18.6 Å². The maximum atomic E-state index is 13.5. The molecule has 0 saturated heterocycles. The van der Waals surface area contributed by atoms with E-state index in [1.165, 1.54) is 0 Å². The fourth-order valence-corrected chi connectivity index (χ4v) is 1.38. The predicted molar refractivity (Wildman–Crippen MR) is 66.8 cm³/mol. The molecule has 2 N–H and O–H groups in total. The number of ether oxygens (including phenoxy) is 2. The van der Waals surface area contributed by atoms with Gasteiger partial charge in [-0.15, -0.1) is 0 Å². The van der Waals surface area contributed by atoms with Crippen LogP contribution in [0.5, 0.6) is 0 Å². The van der Waals surface area contributed by atoms with Crippen molar-refractivity contribution < 1.29 is 23.0 Å². The first-order valence-electron chi connectivity index (χ1n) is 6.05. The second-order valence-corrected chi connectivity index (χ2v) is 3.96. The van der Waals surface area contributed by atoms with Gasteiger partial charge in [-0.2, -0.15) is 0 Å². The van der Waals surface area contributed by atoms with Gasteiger partial charge in [-0.3, -0.25) is 0 Å². The van der Waals surface area contributed by atoms with Crippen LogP contribution in [0.3, 0.4) is 0 Å². The summed E-state index contributed by atoms with van der Waals surface area (Å²) in [5.74, 6) is -2.72. The molecule has 0 spiro atoms. The zero-order valence-electron chi connectivity index (χ0n) is 10.7. The second kappa shape index (κ2) is 7.68. The van der Waals surface area contributed by atoms with Crippen molar-refractivity contribution in [2.24, 2.45) is 0 Å². The van der Waals surface area contributed by atoms with Crippen LogP contribution in [0, 0.1) is 11.6 Å². The normalized spacial score (nSPS) is 10.5. The monoisotopic (exact) mass is 273 g/mol. The van der Waals surface area contributed by atoms with E-state index in [0.717, 1.165) is 25.0 Å². The van der Waals surface area contributed by atoms with E-state index >= 15 is 0 Å². The zero-order chi connectivity index (χ0) is 14.3. The molecule has 0 atom stereocenters. The maximum Gasteiger partial charge on any atom is 0.341 e. The van der Waals surface area contributed by atoms with Crippen LogP contribution in [0.2, 0.25) is 0 Å². The standard InChI is InChI=1S/C13H17F2NO3/c1-2-3-4-18-5-6-19-13(17)10-7-9(14)8-11(16)12(10)15/h7-8H,2-6,16H2,1H3. The summed E-state index contributed by atoms with van der Waals surface area (Å²) < 4.78 is 36.4. The van der Waals surface area contributed by atoms with Crippen molar-refractivity contribution in [2.75, 3.05) is 25.6 Å². The molecule has 0 aliphatic carbocycles. The van der Waals surface area contributed by atoms with Crippen molar-refractivity contribution in [3.8, 4) is 0 Å². The molecule has 0 aliphatic heterocycles. The average Bonchev–Trinajstić information content (AvgIpc) is 2.37. The Morgan fingerprint density at radius 1 is 1.26 bits per heavy atom. The minimum absolute atomic E-state index is 0.0155. The lowest BCUT2D eigenvalue weighted by atomic mass is 10.2. The summed E-state index contributed by atoms with van der Waals surface area (Å²) in [5.41, 5.74) is 4.29. The van der Waals surface area contributed by atoms with Gasteiger partial charge in [0.05, 0.1) is 12.3 Å². The van der Waals surface area contributed by atoms with Crippen LogP contribution < -0.4 is 5.73 Å². The minimum Gasteiger partial charge on any atom is -0.460 e. The number of hydrogen-bond donors (Lipinski definition) is 1. The lowest BCUT2D eigenvalue weighted by Crippen LogP contribution is -2.13. The molecule has 0 amide bonds. The van der Waals surface area contributed by atoms with Crippen molar-refractivity contribution in [1.29, 1.82) is 0 Å². The number of halogens is 2. The lowest BCUT2D eigenvalue weighted by molar-refractivity contribution is 0.0309. The molecule has 0 bridgehead atoms. The molecule has 106 valence electrons. The molecule has 19 heavy (non-hydrogen) atoms. The van der Waals surface area contributed by atoms with E-state index in [1.54, 1.807) is 0 Å². The highest BCUT2D eigenvalue weighted by atomic mass is 19.1. The molecule has 0 aromatic heterocycles. The summed E-state index contributed by atoms with van der Waals surface area (Å²) in [6.07, 6.45) is 1.93. The zero-order valence-corrected chi connectivity index (χ0v) is 10.7. The van der Waals surface area contributed by atoms with Crippen LogP contribution >= 0.6 is 0 Å². The van der Waals surface area contributed by atoms with E-state index in [4.69, 9.17) is 15.2 Å². The topological polar surface area (TPSA) is 61.5 Å². The van der Waals surface area contributed by atoms with Crippen LogP contribution in [-0.4, -0.2) is 25.8 Å². The van der Waals surface area contributed by atoms with Gasteiger partial charge < -0.3 is 15.2 Å². The van der Waals surface area contributed by atoms with Crippen LogP contribution in [-0.2, 0) is 9.47 Å². The van der Waals surface area contributed by atoms with Crippen LogP contribution in [0.4, 0.5) is 14.5 Å². The minimum atomic E-state index is -0.974. The van der Waals surface area contributed by atoms with Gasteiger partial charge in [0.1, 0.15) is 18.0 Å². The summed E-state index contributed by atoms with van der Waals surface area (Å²) in [6.45, 7) is 2.81. The number of hydrogen-bond acceptors (Lipinski definition) is 4. The highest BCUT2D eigenvalue weighted by Gasteiger charge is 2.17. The van der Waals surface area contributed by atoms with E-state index in [-0.39, 0.29) is 13.2 Å². The number of esters is 1. The quantitative estimate of drug-likeness (QED) is 0.471. The molecule has 0 heterocycles. The number of anilines is 1. The van der Waals surface area contributed by atoms with Gasteiger partial charge in [-0.1, -0.05) is 13.3 Å². The van der Waals surface area contributed by atoms with Crippen LogP contribution in [0.25, 0.3) is 0 Å². The molecule has 0 radical (unpaired) electrons. The first-order valence-corrected chi connectivity index (χ1v) is 6.05. The van der Waals surface area contributed by atoms with Gasteiger partial charge in [0.25, 0.3) is 0 Å². The van der Waals surface area contributed by atoms with E-state index in [9.17, 15) is 13.6 Å². The van der Waals surface area contributed by atoms with Gasteiger partial charge in [-0.25, -0.2) is 13.6 Å². The number of nitrogens with two attached hydrogens (primary N) is 1. The molecule has 0 aliphatic rings. The summed E-state index contributed by atoms with van der Waals surface area (Å²) >= 11 is 0. The average molecular weight is 273 g/mol. The van der Waals surface area contributed by atoms with Crippen molar-refractivity contribution in [2.45, 2.75) is 19.8 Å². The Kier molecular flexibility index (Phi) is 6.21. The Bertz CT molecular complexity index is 438. The molecule has 1 rings (SSSR count). The third-order valence-corrected chi connectivity index (χ3v) is 2.39. The van der Waals surface area contributed by atoms with Crippen molar-refractivity contribution in [3.63, 3.8) is 0 Å². The van der Waals surface area contributed by atoms with Crippen molar-refractivity contribution in [1.82, 2.24) is 0 Å². The van der Waals surface area contributed by atoms with E-state index in [1.807, 2.05) is 6.92 Å². The van der Waals surface area contributed by atoms with Crippen molar-refractivity contribution in [3.05, 3.63) is 29.3 Å². The number of carbonyl (C=O) groups is 1. The molecule has 0 unspecified atom stereocenters. The molecule has 1 aromatic carbocycles. The summed E-state index contributed by atoms with van der Waals surface area (Å²) in [6, 6.07) is 1.56. The predicted octanol–water partition coefficient (Wildman–Crippen LogP) is 2.52. The van der Waals surface area contributed by atoms with Gasteiger partial charge in [0.15, 0.2) is 5.82 Å². The first kappa shape index (κ1) is 15.4. The molecule has 1 aromatic rings. The third kappa shape index (κ3) is 4.82. The Morgan fingerprint density at radius 2 is 2.00 bits per heavy atom. The first-order chi connectivity index (χ1) is 9.06. The SMILES string of the molecule is CCCCOCCOC(=O)c1cc(F)cc(N)c1F. The number of nitrogen functional groups attached to an aromatic ring is 1. The Morgan fingerprint density at radius 3 is 2.68 bits per heavy atom. The fourth-order valence-electron chi connectivity index (χ4n) is 1.38. The molecule has 4 nitrogen and oxygen atoms in total. The Labute approximate surface area is 110 Å². The maximum absolute atomic E-state index is 13.5. The van der Waals surface area contributed by atoms with Gasteiger partial charge in [0.2, 0.25) is 0 Å². The third-order valence-electron chi connectivity index (χ3n) is 2.39. The highest BCUT2D eigenvalue weighted by molar-refractivity contribution is 5.90. The number of unbranched alkanes of at least 4 members (excludes halogenated alkanes) is 1. The lowest BCUT2D eigenvalue weighted by Gasteiger charge is -2.07. The smallest absolute Gasteiger partial charge is 0.341 e. The molecular weight excluding hydrogens is 256 g/mol. The van der Waals surface area contributed by atoms with Crippen LogP contribution in [0.1, 0.15) is 30.1 Å². The Balaban J connectivity index is 2.46. The van der Waals surface area contributed by atoms with E-state index in [2.05, 4.69) is 0 Å². The van der Waals surface area contributed by atoms with Gasteiger partial charge in [0, 0.05) is 6.61 Å². The van der Waals surface area contributed by atoms with Crippen LogP contribution in [0.15, 0.2) is 12.1 Å². The Hall–Kier alpha value is -1.69. The molecular formula is C13H17F2NO3. The molecule has 6 heteroatoms. The summed E-state index contributed by atoms with van der Waals surface area (Å²) in [5, 5.41) is 0. The molecule has 0 saturated carbocycles. The van der Waals surface area contributed by atoms with Crippen molar-refractivity contribution >= 4 is 11.7 Å². The fraction of sp³-hybridized carbons (Fsp3) is 0.462. The largest absolute Gasteiger partial charge is 0.460 e. The summed E-state index contributed by atoms with van der Waals surface area (Å²) in [4.78, 5) is 11.5. The number of carbonyl (C=O) groups excluding carboxylic acids is 1. The highest BCUT2D eigenvalue weighted by Crippen LogP contribution is 2.18. The number of rotatable bonds is 7. The molecule has 0 fully saturated rings. The second-order valence-electron chi connectivity index (χ2n) is 3.96. The van der Waals surface area contributed by atoms with E-state index in [0.29, 0.717) is 6.61 Å².